The van der Waals surface area contributed by atoms with Gasteiger partial charge in [-0.15, -0.1) is 5.10 Å². The van der Waals surface area contributed by atoms with Crippen LogP contribution in [0.1, 0.15) is 42.4 Å². The molecule has 0 saturated heterocycles. The quantitative estimate of drug-likeness (QED) is 0.695. The number of hydrazine groups is 1. The molecule has 1 N–H and O–H groups in total. The van der Waals surface area contributed by atoms with Crippen molar-refractivity contribution >= 4 is 23.0 Å². The van der Waals surface area contributed by atoms with E-state index in [1.54, 1.807) is 55.5 Å². The van der Waals surface area contributed by atoms with Crippen molar-refractivity contribution < 1.29 is 19.5 Å². The first-order valence-electron chi connectivity index (χ1n) is 8.95. The van der Waals surface area contributed by atoms with E-state index >= 15 is 0 Å². The van der Waals surface area contributed by atoms with Gasteiger partial charge in [-0.25, -0.2) is 14.8 Å². The number of carbonyl (C=O) groups excluding carboxylic acids is 2. The van der Waals surface area contributed by atoms with Gasteiger partial charge in [-0.3, -0.25) is 9.63 Å². The zero-order valence-corrected chi connectivity index (χ0v) is 15.4. The van der Waals surface area contributed by atoms with E-state index in [0.717, 1.165) is 14.9 Å². The van der Waals surface area contributed by atoms with Crippen LogP contribution in [0.3, 0.4) is 0 Å². The van der Waals surface area contributed by atoms with Crippen molar-refractivity contribution in [2.45, 2.75) is 32.5 Å². The van der Waals surface area contributed by atoms with E-state index in [0.29, 0.717) is 28.6 Å². The highest BCUT2D eigenvalue weighted by molar-refractivity contribution is 5.99. The first-order chi connectivity index (χ1) is 13.5. The van der Waals surface area contributed by atoms with Crippen LogP contribution in [0.5, 0.6) is 0 Å². The minimum Gasteiger partial charge on any atom is -0.368 e. The molecule has 2 atom stereocenters. The second-order valence-corrected chi connectivity index (χ2v) is 6.52. The molecule has 0 fully saturated rings. The lowest BCUT2D eigenvalue weighted by molar-refractivity contribution is -0.109. The Morgan fingerprint density at radius 2 is 1.96 bits per heavy atom. The Kier molecular flexibility index (Phi) is 4.44. The Morgan fingerprint density at radius 1 is 1.25 bits per heavy atom. The normalized spacial score (nSPS) is 16.9. The summed E-state index contributed by atoms with van der Waals surface area (Å²) in [4.78, 5) is 32.3. The molecule has 144 valence electrons. The van der Waals surface area contributed by atoms with Gasteiger partial charge in [0.2, 0.25) is 0 Å². The molecule has 28 heavy (non-hydrogen) atoms. The van der Waals surface area contributed by atoms with Crippen molar-refractivity contribution in [3.05, 3.63) is 59.7 Å². The van der Waals surface area contributed by atoms with Crippen molar-refractivity contribution in [3.8, 4) is 0 Å². The van der Waals surface area contributed by atoms with Gasteiger partial charge in [0.15, 0.2) is 6.23 Å². The number of aromatic nitrogens is 3. The predicted molar refractivity (Wildman–Crippen MR) is 98.7 cm³/mol. The van der Waals surface area contributed by atoms with Crippen LogP contribution in [0.2, 0.25) is 0 Å². The van der Waals surface area contributed by atoms with Crippen LogP contribution in [-0.2, 0) is 0 Å². The molecule has 2 amide bonds. The first kappa shape index (κ1) is 17.9. The summed E-state index contributed by atoms with van der Waals surface area (Å²) in [6.07, 6.45) is -1.58. The molecule has 0 saturated carbocycles. The smallest absolute Gasteiger partial charge is 0.368 e. The molecule has 1 aliphatic rings. The second kappa shape index (κ2) is 6.93. The Labute approximate surface area is 160 Å². The average molecular weight is 381 g/mol. The number of hydrogen-bond donors (Lipinski definition) is 1. The van der Waals surface area contributed by atoms with Crippen molar-refractivity contribution in [1.82, 2.24) is 25.2 Å². The summed E-state index contributed by atoms with van der Waals surface area (Å²) in [5.41, 5.74) is 1.87. The van der Waals surface area contributed by atoms with Gasteiger partial charge in [0.25, 0.3) is 5.91 Å². The molecule has 4 rings (SSSR count). The number of rotatable bonds is 4. The summed E-state index contributed by atoms with van der Waals surface area (Å²) in [6, 6.07) is 13.3. The maximum Gasteiger partial charge on any atom is 0.455 e. The first-order valence-corrected chi connectivity index (χ1v) is 8.95. The molecular formula is C19H19N5O4. The Balaban J connectivity index is 1.67. The molecule has 0 aliphatic carbocycles. The van der Waals surface area contributed by atoms with Gasteiger partial charge in [-0.05, 0) is 36.8 Å². The van der Waals surface area contributed by atoms with Gasteiger partial charge < -0.3 is 5.11 Å². The lowest BCUT2D eigenvalue weighted by Gasteiger charge is -2.36. The summed E-state index contributed by atoms with van der Waals surface area (Å²) in [6.45, 7) is 3.64. The predicted octanol–water partition coefficient (Wildman–Crippen LogP) is 2.14. The van der Waals surface area contributed by atoms with E-state index < -0.39 is 24.3 Å². The van der Waals surface area contributed by atoms with Crippen LogP contribution >= 0.6 is 0 Å². The SMILES string of the molecule is CCC(C)N(C(=O)On1nnc2ccccc21)N1C(=O)c2ccccc2C1O. The molecule has 9 nitrogen and oxygen atoms in total. The standard InChI is InChI=1S/C19H19N5O4/c1-3-12(2)22(23-17(25)13-8-4-5-9-14(13)18(23)26)19(27)28-24-16-11-7-6-10-15(16)20-21-24/h4-12,17,25H,3H2,1-2H3. The molecule has 9 heteroatoms. The van der Waals surface area contributed by atoms with Crippen molar-refractivity contribution in [1.29, 1.82) is 0 Å². The molecule has 1 aromatic heterocycles. The summed E-state index contributed by atoms with van der Waals surface area (Å²) in [5, 5.41) is 20.6. The van der Waals surface area contributed by atoms with E-state index in [9.17, 15) is 14.7 Å². The van der Waals surface area contributed by atoms with E-state index in [-0.39, 0.29) is 0 Å². The lowest BCUT2D eigenvalue weighted by Crippen LogP contribution is -2.54. The fourth-order valence-corrected chi connectivity index (χ4v) is 3.18. The van der Waals surface area contributed by atoms with Gasteiger partial charge in [0.05, 0.1) is 6.04 Å². The second-order valence-electron chi connectivity index (χ2n) is 6.52. The number of amides is 2. The fourth-order valence-electron chi connectivity index (χ4n) is 3.18. The van der Waals surface area contributed by atoms with Gasteiger partial charge in [0, 0.05) is 11.1 Å². The van der Waals surface area contributed by atoms with Crippen LogP contribution in [0, 0.1) is 0 Å². The third-order valence-electron chi connectivity index (χ3n) is 4.82. The lowest BCUT2D eigenvalue weighted by atomic mass is 10.1. The number of nitrogens with zero attached hydrogens (tertiary/aromatic N) is 5. The molecule has 0 bridgehead atoms. The summed E-state index contributed by atoms with van der Waals surface area (Å²) < 4.78 is 0. The molecule has 0 radical (unpaired) electrons. The van der Waals surface area contributed by atoms with Crippen LogP contribution in [0.15, 0.2) is 48.5 Å². The number of hydrogen-bond acceptors (Lipinski definition) is 6. The van der Waals surface area contributed by atoms with E-state index in [1.807, 2.05) is 6.92 Å². The summed E-state index contributed by atoms with van der Waals surface area (Å²) in [5.74, 6) is -0.469. The minimum atomic E-state index is -1.28. The van der Waals surface area contributed by atoms with E-state index in [1.165, 1.54) is 0 Å². The Morgan fingerprint density at radius 3 is 2.71 bits per heavy atom. The molecule has 2 heterocycles. The number of carbonyl (C=O) groups is 2. The number of fused-ring (bicyclic) bond motifs is 2. The van der Waals surface area contributed by atoms with Crippen molar-refractivity contribution in [2.24, 2.45) is 0 Å². The van der Waals surface area contributed by atoms with Gasteiger partial charge in [0.1, 0.15) is 11.0 Å². The molecular weight excluding hydrogens is 362 g/mol. The largest absolute Gasteiger partial charge is 0.455 e. The van der Waals surface area contributed by atoms with E-state index in [4.69, 9.17) is 4.84 Å². The number of aliphatic hydroxyl groups excluding tert-OH is 1. The maximum absolute atomic E-state index is 13.0. The summed E-state index contributed by atoms with van der Waals surface area (Å²) >= 11 is 0. The highest BCUT2D eigenvalue weighted by Gasteiger charge is 2.43. The van der Waals surface area contributed by atoms with Gasteiger partial charge in [-0.1, -0.05) is 42.1 Å². The third kappa shape index (κ3) is 2.76. The van der Waals surface area contributed by atoms with Gasteiger partial charge in [-0.2, -0.15) is 0 Å². The third-order valence-corrected chi connectivity index (χ3v) is 4.82. The molecule has 3 aromatic rings. The zero-order chi connectivity index (χ0) is 19.8. The molecule has 2 aromatic carbocycles. The van der Waals surface area contributed by atoms with Gasteiger partial charge >= 0.3 is 6.09 Å². The maximum atomic E-state index is 13.0. The zero-order valence-electron chi connectivity index (χ0n) is 15.4. The van der Waals surface area contributed by atoms with Crippen molar-refractivity contribution in [3.63, 3.8) is 0 Å². The highest BCUT2D eigenvalue weighted by Crippen LogP contribution is 2.34. The topological polar surface area (TPSA) is 101 Å². The highest BCUT2D eigenvalue weighted by atomic mass is 16.7. The van der Waals surface area contributed by atoms with Crippen LogP contribution in [0.4, 0.5) is 4.79 Å². The Hall–Kier alpha value is -3.46. The van der Waals surface area contributed by atoms with Crippen LogP contribution < -0.4 is 4.84 Å². The van der Waals surface area contributed by atoms with Crippen molar-refractivity contribution in [2.75, 3.05) is 0 Å². The van der Waals surface area contributed by atoms with Crippen LogP contribution in [-0.4, -0.2) is 48.3 Å². The minimum absolute atomic E-state index is 0.349. The average Bonchev–Trinajstić information content (AvgIpc) is 3.23. The number of benzene rings is 2. The fraction of sp³-hybridized carbons (Fsp3) is 0.263. The monoisotopic (exact) mass is 381 g/mol. The molecule has 2 unspecified atom stereocenters. The molecule has 1 aliphatic heterocycles. The van der Waals surface area contributed by atoms with E-state index in [2.05, 4.69) is 10.3 Å². The van der Waals surface area contributed by atoms with Crippen LogP contribution in [0.25, 0.3) is 11.0 Å². The summed E-state index contributed by atoms with van der Waals surface area (Å²) in [7, 11) is 0. The Bertz CT molecular complexity index is 1050. The number of para-hydroxylation sites is 1. The number of aliphatic hydroxyl groups is 1. The molecule has 0 spiro atoms.